The molecular formula is C18H19F3N2O3S2. The van der Waals surface area contributed by atoms with Gasteiger partial charge in [0.05, 0.1) is 10.8 Å². The number of amides is 1. The summed E-state index contributed by atoms with van der Waals surface area (Å²) in [6.07, 6.45) is -4.10. The number of rotatable bonds is 5. The molecular weight excluding hydrogens is 413 g/mol. The summed E-state index contributed by atoms with van der Waals surface area (Å²) in [7, 11) is -3.85. The summed E-state index contributed by atoms with van der Waals surface area (Å²) in [6.45, 7) is -0.0630. The number of carbonyl (C=O) groups excluding carboxylic acids is 1. The van der Waals surface area contributed by atoms with Gasteiger partial charge in [-0.2, -0.15) is 13.2 Å². The summed E-state index contributed by atoms with van der Waals surface area (Å²) < 4.78 is 66.4. The highest BCUT2D eigenvalue weighted by molar-refractivity contribution is 7.89. The van der Waals surface area contributed by atoms with Crippen LogP contribution in [0.15, 0.2) is 46.7 Å². The van der Waals surface area contributed by atoms with E-state index in [-0.39, 0.29) is 36.4 Å². The highest BCUT2D eigenvalue weighted by atomic mass is 32.2. The summed E-state index contributed by atoms with van der Waals surface area (Å²) >= 11 is 1.41. The van der Waals surface area contributed by atoms with Crippen LogP contribution < -0.4 is 4.72 Å². The van der Waals surface area contributed by atoms with Crippen LogP contribution in [0.25, 0.3) is 0 Å². The molecule has 1 saturated heterocycles. The van der Waals surface area contributed by atoms with Crippen molar-refractivity contribution in [1.82, 2.24) is 9.62 Å². The smallest absolute Gasteiger partial charge is 0.338 e. The van der Waals surface area contributed by atoms with Crippen molar-refractivity contribution in [1.29, 1.82) is 0 Å². The Labute approximate surface area is 165 Å². The van der Waals surface area contributed by atoms with Gasteiger partial charge in [-0.15, -0.1) is 11.3 Å². The summed E-state index contributed by atoms with van der Waals surface area (Å²) in [6, 6.07) is 8.98. The van der Waals surface area contributed by atoms with Crippen molar-refractivity contribution in [3.05, 3.63) is 52.2 Å². The van der Waals surface area contributed by atoms with E-state index in [9.17, 15) is 26.4 Å². The Bertz CT molecular complexity index is 928. The zero-order chi connectivity index (χ0) is 20.4. The molecule has 1 atom stereocenters. The maximum Gasteiger partial charge on any atom is 0.393 e. The molecule has 1 aliphatic heterocycles. The third kappa shape index (κ3) is 4.92. The van der Waals surface area contributed by atoms with Crippen molar-refractivity contribution in [3.63, 3.8) is 0 Å². The van der Waals surface area contributed by atoms with Gasteiger partial charge in [0.1, 0.15) is 0 Å². The summed E-state index contributed by atoms with van der Waals surface area (Å²) in [5, 5.41) is 1.83. The van der Waals surface area contributed by atoms with Crippen LogP contribution >= 0.6 is 11.3 Å². The number of hydrogen-bond acceptors (Lipinski definition) is 4. The molecule has 10 heteroatoms. The molecule has 1 aliphatic rings. The molecule has 0 bridgehead atoms. The first-order chi connectivity index (χ1) is 13.2. The molecule has 152 valence electrons. The zero-order valence-electron chi connectivity index (χ0n) is 14.8. The van der Waals surface area contributed by atoms with E-state index in [0.717, 1.165) is 9.78 Å². The summed E-state index contributed by atoms with van der Waals surface area (Å²) in [5.41, 5.74) is 0.0572. The molecule has 1 N–H and O–H groups in total. The van der Waals surface area contributed by atoms with E-state index in [4.69, 9.17) is 0 Å². The Balaban J connectivity index is 1.74. The van der Waals surface area contributed by atoms with Crippen LogP contribution in [-0.2, 0) is 16.6 Å². The van der Waals surface area contributed by atoms with Crippen LogP contribution in [0.5, 0.6) is 0 Å². The predicted molar refractivity (Wildman–Crippen MR) is 99.5 cm³/mol. The monoisotopic (exact) mass is 432 g/mol. The van der Waals surface area contributed by atoms with Crippen molar-refractivity contribution in [2.75, 3.05) is 13.1 Å². The molecule has 1 aromatic heterocycles. The van der Waals surface area contributed by atoms with E-state index in [2.05, 4.69) is 4.72 Å². The highest BCUT2D eigenvalue weighted by Gasteiger charge is 2.42. The Morgan fingerprint density at radius 3 is 2.71 bits per heavy atom. The molecule has 2 heterocycles. The molecule has 28 heavy (non-hydrogen) atoms. The molecule has 0 radical (unpaired) electrons. The first-order valence-electron chi connectivity index (χ1n) is 8.65. The van der Waals surface area contributed by atoms with E-state index in [1.54, 1.807) is 12.1 Å². The standard InChI is InChI=1S/C18H19F3N2O3S2/c19-18(20,21)14-5-2-8-23(12-14)17(24)13-4-1-7-16(10-13)28(25,26)22-11-15-6-3-9-27-15/h1,3-4,6-7,9-10,14,22H,2,5,8,11-12H2. The third-order valence-electron chi connectivity index (χ3n) is 4.58. The zero-order valence-corrected chi connectivity index (χ0v) is 16.4. The number of hydrogen-bond donors (Lipinski definition) is 1. The average molecular weight is 432 g/mol. The largest absolute Gasteiger partial charge is 0.393 e. The minimum Gasteiger partial charge on any atom is -0.338 e. The predicted octanol–water partition coefficient (Wildman–Crippen LogP) is 3.64. The lowest BCUT2D eigenvalue weighted by atomic mass is 9.97. The summed E-state index contributed by atoms with van der Waals surface area (Å²) in [5.74, 6) is -2.14. The van der Waals surface area contributed by atoms with Gasteiger partial charge in [-0.25, -0.2) is 13.1 Å². The van der Waals surface area contributed by atoms with Gasteiger partial charge < -0.3 is 4.90 Å². The van der Waals surface area contributed by atoms with Crippen LogP contribution in [0.2, 0.25) is 0 Å². The number of benzene rings is 1. The quantitative estimate of drug-likeness (QED) is 0.785. The number of nitrogens with zero attached hydrogens (tertiary/aromatic N) is 1. The number of halogens is 3. The van der Waals surface area contributed by atoms with Gasteiger partial charge >= 0.3 is 6.18 Å². The second-order valence-electron chi connectivity index (χ2n) is 6.56. The first kappa shape index (κ1) is 20.8. The van der Waals surface area contributed by atoms with Crippen molar-refractivity contribution in [2.24, 2.45) is 5.92 Å². The lowest BCUT2D eigenvalue weighted by Crippen LogP contribution is -2.44. The second-order valence-corrected chi connectivity index (χ2v) is 9.36. The first-order valence-corrected chi connectivity index (χ1v) is 11.0. The van der Waals surface area contributed by atoms with Gasteiger partial charge in [-0.1, -0.05) is 12.1 Å². The van der Waals surface area contributed by atoms with Crippen molar-refractivity contribution < 1.29 is 26.4 Å². The molecule has 1 fully saturated rings. The van der Waals surface area contributed by atoms with Gasteiger partial charge in [0.25, 0.3) is 5.91 Å². The lowest BCUT2D eigenvalue weighted by Gasteiger charge is -2.33. The third-order valence-corrected chi connectivity index (χ3v) is 6.85. The molecule has 3 rings (SSSR count). The normalized spacial score (nSPS) is 18.2. The fourth-order valence-corrected chi connectivity index (χ4v) is 4.86. The molecule has 1 amide bonds. The summed E-state index contributed by atoms with van der Waals surface area (Å²) in [4.78, 5) is 14.5. The Morgan fingerprint density at radius 2 is 2.04 bits per heavy atom. The van der Waals surface area contributed by atoms with E-state index >= 15 is 0 Å². The maximum absolute atomic E-state index is 13.0. The lowest BCUT2D eigenvalue weighted by molar-refractivity contribution is -0.184. The minimum atomic E-state index is -4.35. The van der Waals surface area contributed by atoms with E-state index < -0.39 is 34.6 Å². The molecule has 0 aliphatic carbocycles. The van der Waals surface area contributed by atoms with Crippen molar-refractivity contribution in [3.8, 4) is 0 Å². The van der Waals surface area contributed by atoms with E-state index in [1.807, 2.05) is 5.38 Å². The van der Waals surface area contributed by atoms with E-state index in [0.29, 0.717) is 0 Å². The molecule has 0 spiro atoms. The SMILES string of the molecule is O=C(c1cccc(S(=O)(=O)NCc2cccs2)c1)N1CCCC(C(F)(F)F)C1. The van der Waals surface area contributed by atoms with Crippen molar-refractivity contribution >= 4 is 27.3 Å². The average Bonchev–Trinajstić information content (AvgIpc) is 3.19. The van der Waals surface area contributed by atoms with Crippen LogP contribution in [0, 0.1) is 5.92 Å². The van der Waals surface area contributed by atoms with Gasteiger partial charge in [0.2, 0.25) is 10.0 Å². The Kier molecular flexibility index (Phi) is 6.11. The molecule has 5 nitrogen and oxygen atoms in total. The van der Waals surface area contributed by atoms with E-state index in [1.165, 1.54) is 35.6 Å². The number of sulfonamides is 1. The number of likely N-dealkylation sites (tertiary alicyclic amines) is 1. The van der Waals surface area contributed by atoms with Gasteiger partial charge in [0.15, 0.2) is 0 Å². The fraction of sp³-hybridized carbons (Fsp3) is 0.389. The number of alkyl halides is 3. The van der Waals surface area contributed by atoms with Crippen molar-refractivity contribution in [2.45, 2.75) is 30.5 Å². The molecule has 2 aromatic rings. The van der Waals surface area contributed by atoms with Crippen LogP contribution in [0.1, 0.15) is 28.1 Å². The topological polar surface area (TPSA) is 66.5 Å². The van der Waals surface area contributed by atoms with Gasteiger partial charge in [-0.3, -0.25) is 4.79 Å². The van der Waals surface area contributed by atoms with Crippen LogP contribution in [-0.4, -0.2) is 38.5 Å². The second kappa shape index (κ2) is 8.22. The Hall–Kier alpha value is -1.91. The molecule has 1 unspecified atom stereocenters. The molecule has 0 saturated carbocycles. The van der Waals surface area contributed by atoms with Gasteiger partial charge in [0, 0.05) is 30.1 Å². The minimum absolute atomic E-state index is 0.00562. The number of piperidine rings is 1. The number of thiophene rings is 1. The molecule has 1 aromatic carbocycles. The van der Waals surface area contributed by atoms with Crippen LogP contribution in [0.3, 0.4) is 0 Å². The fourth-order valence-electron chi connectivity index (χ4n) is 3.07. The maximum atomic E-state index is 13.0. The Morgan fingerprint density at radius 1 is 1.25 bits per heavy atom. The van der Waals surface area contributed by atoms with Crippen LogP contribution in [0.4, 0.5) is 13.2 Å². The van der Waals surface area contributed by atoms with Gasteiger partial charge in [-0.05, 0) is 42.5 Å². The number of carbonyl (C=O) groups is 1. The number of nitrogens with one attached hydrogen (secondary N) is 1. The highest BCUT2D eigenvalue weighted by Crippen LogP contribution is 2.33.